The van der Waals surface area contributed by atoms with Crippen molar-refractivity contribution < 1.29 is 5.11 Å². The maximum atomic E-state index is 8.84. The summed E-state index contributed by atoms with van der Waals surface area (Å²) in [5.41, 5.74) is 0. The van der Waals surface area contributed by atoms with Gasteiger partial charge in [0.25, 0.3) is 0 Å². The lowest BCUT2D eigenvalue weighted by atomic mass is 10.2. The fourth-order valence-electron chi connectivity index (χ4n) is 0.822. The van der Waals surface area contributed by atoms with Crippen LogP contribution in [-0.2, 0) is 6.42 Å². The van der Waals surface area contributed by atoms with Gasteiger partial charge in [-0.3, -0.25) is 0 Å². The third-order valence-corrected chi connectivity index (χ3v) is 2.34. The van der Waals surface area contributed by atoms with Crippen molar-refractivity contribution in [2.24, 2.45) is 0 Å². The van der Waals surface area contributed by atoms with Gasteiger partial charge in [-0.15, -0.1) is 11.3 Å². The Morgan fingerprint density at radius 1 is 1.82 bits per heavy atom. The minimum absolute atomic E-state index is 0.140. The zero-order valence-electron chi connectivity index (χ0n) is 6.45. The zero-order chi connectivity index (χ0) is 8.10. The Bertz CT molecular complexity index is 184. The summed E-state index contributed by atoms with van der Waals surface area (Å²) < 4.78 is 0. The smallest absolute Gasteiger partial charge is 0.0941 e. The molecule has 0 spiro atoms. The molecule has 0 bridgehead atoms. The summed E-state index contributed by atoms with van der Waals surface area (Å²) >= 11 is 1.62. The van der Waals surface area contributed by atoms with Gasteiger partial charge >= 0.3 is 0 Å². The highest BCUT2D eigenvalue weighted by Gasteiger charge is 2.06. The highest BCUT2D eigenvalue weighted by molar-refractivity contribution is 7.09. The second-order valence-electron chi connectivity index (χ2n) is 2.30. The second-order valence-corrected chi connectivity index (χ2v) is 3.28. The van der Waals surface area contributed by atoms with Crippen molar-refractivity contribution in [1.82, 2.24) is 10.3 Å². The highest BCUT2D eigenvalue weighted by Crippen LogP contribution is 2.06. The van der Waals surface area contributed by atoms with Crippen LogP contribution in [0.1, 0.15) is 5.01 Å². The van der Waals surface area contributed by atoms with E-state index < -0.39 is 0 Å². The van der Waals surface area contributed by atoms with Crippen molar-refractivity contribution in [2.75, 3.05) is 13.7 Å². The summed E-state index contributed by atoms with van der Waals surface area (Å²) in [6.45, 7) is 0.163. The molecule has 1 aromatic rings. The Balaban J connectivity index is 2.41. The topological polar surface area (TPSA) is 45.1 Å². The van der Waals surface area contributed by atoms with Crippen LogP contribution in [0.3, 0.4) is 0 Å². The maximum Gasteiger partial charge on any atom is 0.0941 e. The van der Waals surface area contributed by atoms with Crippen molar-refractivity contribution in [3.8, 4) is 0 Å². The van der Waals surface area contributed by atoms with E-state index in [4.69, 9.17) is 5.11 Å². The number of nitrogens with one attached hydrogen (secondary N) is 1. The van der Waals surface area contributed by atoms with E-state index in [1.165, 1.54) is 0 Å². The molecule has 11 heavy (non-hydrogen) atoms. The lowest BCUT2D eigenvalue weighted by molar-refractivity contribution is 0.248. The minimum atomic E-state index is 0.140. The molecular formula is C7H12N2OS. The van der Waals surface area contributed by atoms with Crippen molar-refractivity contribution >= 4 is 11.3 Å². The van der Waals surface area contributed by atoms with Crippen LogP contribution in [-0.4, -0.2) is 29.8 Å². The van der Waals surface area contributed by atoms with E-state index in [9.17, 15) is 0 Å². The molecule has 1 rings (SSSR count). The minimum Gasteiger partial charge on any atom is -0.395 e. The molecule has 3 nitrogen and oxygen atoms in total. The van der Waals surface area contributed by atoms with Crippen LogP contribution in [0.5, 0.6) is 0 Å². The van der Waals surface area contributed by atoms with Gasteiger partial charge in [-0.25, -0.2) is 4.98 Å². The molecule has 4 heteroatoms. The summed E-state index contributed by atoms with van der Waals surface area (Å²) in [7, 11) is 1.84. The van der Waals surface area contributed by atoms with Gasteiger partial charge in [-0.2, -0.15) is 0 Å². The van der Waals surface area contributed by atoms with E-state index in [1.807, 2.05) is 12.4 Å². The summed E-state index contributed by atoms with van der Waals surface area (Å²) in [6.07, 6.45) is 2.59. The first-order valence-corrected chi connectivity index (χ1v) is 4.41. The molecule has 0 aliphatic heterocycles. The molecular weight excluding hydrogens is 160 g/mol. The number of aliphatic hydroxyl groups is 1. The van der Waals surface area contributed by atoms with Crippen LogP contribution in [0, 0.1) is 0 Å². The van der Waals surface area contributed by atoms with E-state index >= 15 is 0 Å². The van der Waals surface area contributed by atoms with Gasteiger partial charge < -0.3 is 10.4 Å². The van der Waals surface area contributed by atoms with Crippen molar-refractivity contribution in [2.45, 2.75) is 12.5 Å². The number of likely N-dealkylation sites (N-methyl/N-ethyl adjacent to an activating group) is 1. The molecule has 62 valence electrons. The van der Waals surface area contributed by atoms with Gasteiger partial charge in [0, 0.05) is 24.0 Å². The van der Waals surface area contributed by atoms with Gasteiger partial charge in [0.1, 0.15) is 0 Å². The lowest BCUT2D eigenvalue weighted by Crippen LogP contribution is -2.31. The van der Waals surface area contributed by atoms with Gasteiger partial charge in [0.15, 0.2) is 0 Å². The summed E-state index contributed by atoms with van der Waals surface area (Å²) in [5.74, 6) is 0. The largest absolute Gasteiger partial charge is 0.395 e. The molecule has 0 aliphatic rings. The van der Waals surface area contributed by atoms with Gasteiger partial charge in [0.2, 0.25) is 0 Å². The molecule has 1 heterocycles. The van der Waals surface area contributed by atoms with Crippen molar-refractivity contribution in [1.29, 1.82) is 0 Å². The molecule has 0 aliphatic carbocycles. The predicted molar refractivity (Wildman–Crippen MR) is 45.8 cm³/mol. The van der Waals surface area contributed by atoms with E-state index in [0.29, 0.717) is 0 Å². The van der Waals surface area contributed by atoms with E-state index in [0.717, 1.165) is 11.4 Å². The number of rotatable bonds is 4. The first-order chi connectivity index (χ1) is 5.36. The molecule has 1 atom stereocenters. The molecule has 1 aromatic heterocycles. The molecule has 0 aromatic carbocycles. The molecule has 0 saturated carbocycles. The van der Waals surface area contributed by atoms with Crippen LogP contribution in [0.15, 0.2) is 11.6 Å². The van der Waals surface area contributed by atoms with E-state index in [1.54, 1.807) is 17.5 Å². The predicted octanol–water partition coefficient (Wildman–Crippen LogP) is 0.266. The molecule has 0 radical (unpaired) electrons. The molecule has 0 saturated heterocycles. The molecule has 0 unspecified atom stereocenters. The SMILES string of the molecule is CN[C@H](CO)Cc1nccs1. The fourth-order valence-corrected chi connectivity index (χ4v) is 1.52. The van der Waals surface area contributed by atoms with Crippen molar-refractivity contribution in [3.05, 3.63) is 16.6 Å². The Morgan fingerprint density at radius 2 is 2.64 bits per heavy atom. The van der Waals surface area contributed by atoms with Gasteiger partial charge in [-0.1, -0.05) is 0 Å². The van der Waals surface area contributed by atoms with E-state index in [2.05, 4.69) is 10.3 Å². The normalized spacial score (nSPS) is 13.3. The molecule has 0 amide bonds. The quantitative estimate of drug-likeness (QED) is 0.685. The Morgan fingerprint density at radius 3 is 3.09 bits per heavy atom. The maximum absolute atomic E-state index is 8.84. The van der Waals surface area contributed by atoms with Crippen molar-refractivity contribution in [3.63, 3.8) is 0 Å². The zero-order valence-corrected chi connectivity index (χ0v) is 7.27. The van der Waals surface area contributed by atoms with Gasteiger partial charge in [-0.05, 0) is 7.05 Å². The number of nitrogens with zero attached hydrogens (tertiary/aromatic N) is 1. The summed E-state index contributed by atoms with van der Waals surface area (Å²) in [6, 6.07) is 0.140. The number of thiazole rings is 1. The monoisotopic (exact) mass is 172 g/mol. The lowest BCUT2D eigenvalue weighted by Gasteiger charge is -2.09. The van der Waals surface area contributed by atoms with Crippen LogP contribution in [0.4, 0.5) is 0 Å². The average molecular weight is 172 g/mol. The molecule has 2 N–H and O–H groups in total. The van der Waals surface area contributed by atoms with Crippen LogP contribution in [0.2, 0.25) is 0 Å². The van der Waals surface area contributed by atoms with E-state index in [-0.39, 0.29) is 12.6 Å². The van der Waals surface area contributed by atoms with Crippen LogP contribution >= 0.6 is 11.3 Å². The number of hydrogen-bond donors (Lipinski definition) is 2. The fraction of sp³-hybridized carbons (Fsp3) is 0.571. The summed E-state index contributed by atoms with van der Waals surface area (Å²) in [5, 5.41) is 14.9. The Hall–Kier alpha value is -0.450. The third kappa shape index (κ3) is 2.57. The molecule has 0 fully saturated rings. The number of hydrogen-bond acceptors (Lipinski definition) is 4. The Kier molecular flexibility index (Phi) is 3.48. The average Bonchev–Trinajstić information content (AvgIpc) is 2.52. The first kappa shape index (κ1) is 8.64. The van der Waals surface area contributed by atoms with Crippen LogP contribution in [0.25, 0.3) is 0 Å². The standard InChI is InChI=1S/C7H12N2OS/c1-8-6(5-10)4-7-9-2-3-11-7/h2-3,6,8,10H,4-5H2,1H3/t6-/m0/s1. The van der Waals surface area contributed by atoms with Gasteiger partial charge in [0.05, 0.1) is 11.6 Å². The third-order valence-electron chi connectivity index (χ3n) is 1.53. The highest BCUT2D eigenvalue weighted by atomic mass is 32.1. The van der Waals surface area contributed by atoms with Crippen LogP contribution < -0.4 is 5.32 Å². The number of aromatic nitrogens is 1. The Labute approximate surface area is 70.1 Å². The first-order valence-electron chi connectivity index (χ1n) is 3.53. The second kappa shape index (κ2) is 4.43. The summed E-state index contributed by atoms with van der Waals surface area (Å²) in [4.78, 5) is 4.12. The number of aliphatic hydroxyl groups excluding tert-OH is 1.